The Labute approximate surface area is 122 Å². The predicted octanol–water partition coefficient (Wildman–Crippen LogP) is 2.10. The van der Waals surface area contributed by atoms with Crippen molar-refractivity contribution < 1.29 is 53.0 Å². The van der Waals surface area contributed by atoms with Gasteiger partial charge in [0.1, 0.15) is 0 Å². The van der Waals surface area contributed by atoms with E-state index < -0.39 is 7.82 Å². The summed E-state index contributed by atoms with van der Waals surface area (Å²) in [4.78, 5) is 17.4. The molecule has 0 unspecified atom stereocenters. The molecule has 0 aromatic heterocycles. The van der Waals surface area contributed by atoms with E-state index >= 15 is 0 Å². The van der Waals surface area contributed by atoms with Crippen molar-refractivity contribution in [3.05, 3.63) is 29.8 Å². The van der Waals surface area contributed by atoms with Crippen LogP contribution in [0.15, 0.2) is 12.1 Å². The van der Waals surface area contributed by atoms with E-state index in [1.807, 2.05) is 6.92 Å². The van der Waals surface area contributed by atoms with Crippen molar-refractivity contribution in [2.24, 2.45) is 0 Å². The zero-order valence-corrected chi connectivity index (χ0v) is 12.2. The number of phosphoric ester groups is 1. The number of aryl methyl sites for hydroxylation is 1. The molecular formula is C10H13Fe2O4P-2. The molecule has 1 aromatic rings. The molecule has 0 aliphatic rings. The van der Waals surface area contributed by atoms with Crippen molar-refractivity contribution in [1.82, 2.24) is 0 Å². The van der Waals surface area contributed by atoms with Crippen LogP contribution in [0.3, 0.4) is 0 Å². The van der Waals surface area contributed by atoms with Crippen LogP contribution in [0.1, 0.15) is 25.3 Å². The first-order valence-corrected chi connectivity index (χ1v) is 6.21. The molecule has 0 saturated heterocycles. The van der Waals surface area contributed by atoms with E-state index in [-0.39, 0.29) is 39.9 Å². The van der Waals surface area contributed by atoms with Crippen molar-refractivity contribution in [2.45, 2.75) is 26.2 Å². The molecule has 0 aliphatic carbocycles. The van der Waals surface area contributed by atoms with Crippen LogP contribution in [-0.4, -0.2) is 9.79 Å². The molecule has 0 atom stereocenters. The maximum absolute atomic E-state index is 10.7. The van der Waals surface area contributed by atoms with Crippen LogP contribution >= 0.6 is 7.82 Å². The molecule has 17 heavy (non-hydrogen) atoms. The smallest absolute Gasteiger partial charge is 0.456 e. The van der Waals surface area contributed by atoms with Gasteiger partial charge in [0.2, 0.25) is 0 Å². The summed E-state index contributed by atoms with van der Waals surface area (Å²) in [6.45, 7) is 2.04. The second-order valence-electron chi connectivity index (χ2n) is 3.14. The van der Waals surface area contributed by atoms with Gasteiger partial charge in [-0.3, -0.25) is 15.9 Å². The monoisotopic (exact) mass is 340 g/mol. The molecule has 0 heterocycles. The first-order chi connectivity index (χ1) is 7.03. The maximum Gasteiger partial charge on any atom is 0.520 e. The molecule has 1 rings (SSSR count). The molecule has 7 heteroatoms. The Kier molecular flexibility index (Phi) is 10.6. The van der Waals surface area contributed by atoms with Gasteiger partial charge in [-0.15, -0.1) is 6.42 Å². The van der Waals surface area contributed by atoms with E-state index in [9.17, 15) is 4.57 Å². The molecule has 1 aromatic carbocycles. The fourth-order valence-corrected chi connectivity index (χ4v) is 1.57. The SMILES string of the molecule is CCCCc1c[c-]c[c-]c1OP(=O)(O)O.[Fe].[Fe]. The van der Waals surface area contributed by atoms with E-state index in [1.165, 1.54) is 6.07 Å². The first-order valence-electron chi connectivity index (χ1n) is 4.68. The third-order valence-corrected chi connectivity index (χ3v) is 2.27. The summed E-state index contributed by atoms with van der Waals surface area (Å²) < 4.78 is 15.2. The van der Waals surface area contributed by atoms with Gasteiger partial charge >= 0.3 is 7.82 Å². The van der Waals surface area contributed by atoms with Gasteiger partial charge in [0.25, 0.3) is 0 Å². The fourth-order valence-electron chi connectivity index (χ4n) is 1.16. The zero-order valence-electron chi connectivity index (χ0n) is 9.14. The molecule has 4 nitrogen and oxygen atoms in total. The minimum atomic E-state index is -4.49. The summed E-state index contributed by atoms with van der Waals surface area (Å²) in [7, 11) is -4.49. The van der Waals surface area contributed by atoms with Gasteiger partial charge in [0, 0.05) is 34.1 Å². The van der Waals surface area contributed by atoms with Gasteiger partial charge in [-0.2, -0.15) is 0 Å². The van der Waals surface area contributed by atoms with Gasteiger partial charge in [-0.1, -0.05) is 25.5 Å². The van der Waals surface area contributed by atoms with Crippen LogP contribution < -0.4 is 4.52 Å². The first kappa shape index (κ1) is 19.5. The molecule has 0 bridgehead atoms. The average Bonchev–Trinajstić information content (AvgIpc) is 2.14. The van der Waals surface area contributed by atoms with Crippen molar-refractivity contribution >= 4 is 7.82 Å². The summed E-state index contributed by atoms with van der Waals surface area (Å²) in [6, 6.07) is 8.55. The number of rotatable bonds is 5. The number of phosphoric acid groups is 1. The Morgan fingerprint density at radius 1 is 1.41 bits per heavy atom. The van der Waals surface area contributed by atoms with E-state index in [1.54, 1.807) is 6.07 Å². The predicted molar refractivity (Wildman–Crippen MR) is 55.4 cm³/mol. The Morgan fingerprint density at radius 3 is 2.59 bits per heavy atom. The number of hydrogen-bond donors (Lipinski definition) is 2. The molecule has 100 valence electrons. The second-order valence-corrected chi connectivity index (χ2v) is 4.30. The summed E-state index contributed by atoms with van der Waals surface area (Å²) in [5.74, 6) is 0.121. The van der Waals surface area contributed by atoms with Crippen LogP contribution in [0.4, 0.5) is 0 Å². The number of unbranched alkanes of at least 4 members (excludes halogenated alkanes) is 1. The van der Waals surface area contributed by atoms with Gasteiger partial charge in [-0.25, -0.2) is 10.1 Å². The van der Waals surface area contributed by atoms with Crippen LogP contribution in [-0.2, 0) is 45.1 Å². The summed E-state index contributed by atoms with van der Waals surface area (Å²) in [5.41, 5.74) is 0.725. The minimum absolute atomic E-state index is 0. The molecule has 0 amide bonds. The summed E-state index contributed by atoms with van der Waals surface area (Å²) in [6.07, 6.45) is 2.65. The van der Waals surface area contributed by atoms with E-state index in [0.717, 1.165) is 18.4 Å². The van der Waals surface area contributed by atoms with Crippen molar-refractivity contribution in [3.63, 3.8) is 0 Å². The molecular weight excluding hydrogens is 327 g/mol. The largest absolute Gasteiger partial charge is 0.520 e. The maximum atomic E-state index is 10.7. The topological polar surface area (TPSA) is 66.8 Å². The Balaban J connectivity index is 0. The second kappa shape index (κ2) is 9.18. The van der Waals surface area contributed by atoms with Gasteiger partial charge in [-0.05, 0) is 0 Å². The van der Waals surface area contributed by atoms with Crippen molar-refractivity contribution in [2.75, 3.05) is 0 Å². The van der Waals surface area contributed by atoms with E-state index in [0.29, 0.717) is 6.42 Å². The van der Waals surface area contributed by atoms with Crippen molar-refractivity contribution in [1.29, 1.82) is 0 Å². The quantitative estimate of drug-likeness (QED) is 0.490. The van der Waals surface area contributed by atoms with Crippen LogP contribution in [0.25, 0.3) is 0 Å². The fraction of sp³-hybridized carbons (Fsp3) is 0.400. The molecule has 0 saturated carbocycles. The third kappa shape index (κ3) is 8.01. The van der Waals surface area contributed by atoms with Crippen LogP contribution in [0.5, 0.6) is 5.75 Å². The summed E-state index contributed by atoms with van der Waals surface area (Å²) in [5, 5.41) is 0. The molecule has 0 spiro atoms. The number of hydrogen-bond acceptors (Lipinski definition) is 2. The van der Waals surface area contributed by atoms with Crippen molar-refractivity contribution in [3.8, 4) is 5.75 Å². The van der Waals surface area contributed by atoms with Gasteiger partial charge in [0.15, 0.2) is 0 Å². The minimum Gasteiger partial charge on any atom is -0.456 e. The molecule has 0 aliphatic heterocycles. The van der Waals surface area contributed by atoms with Crippen LogP contribution in [0, 0.1) is 12.1 Å². The third-order valence-electron chi connectivity index (χ3n) is 1.85. The average molecular weight is 340 g/mol. The van der Waals surface area contributed by atoms with E-state index in [4.69, 9.17) is 9.79 Å². The standard InChI is InChI=1S/C10H13O4P.2Fe/c1-2-3-6-9-7-4-5-8-10(9)14-15(11,12)13;;/h5,7H,2-3,6H2,1H3,(H2,11,12,13);;/q-2;;. The molecule has 2 N–H and O–H groups in total. The Morgan fingerprint density at radius 2 is 2.06 bits per heavy atom. The molecule has 0 fully saturated rings. The molecule has 0 radical (unpaired) electrons. The zero-order chi connectivity index (χ0) is 11.3. The normalized spacial score (nSPS) is 10.1. The summed E-state index contributed by atoms with van der Waals surface area (Å²) >= 11 is 0. The Hall–Kier alpha value is 0.209. The number of benzene rings is 1. The van der Waals surface area contributed by atoms with Crippen LogP contribution in [0.2, 0.25) is 0 Å². The van der Waals surface area contributed by atoms with Gasteiger partial charge in [0.05, 0.1) is 0 Å². The Bertz CT molecular complexity index is 367. The van der Waals surface area contributed by atoms with E-state index in [2.05, 4.69) is 16.7 Å². The van der Waals surface area contributed by atoms with Gasteiger partial charge < -0.3 is 22.7 Å².